The summed E-state index contributed by atoms with van der Waals surface area (Å²) in [7, 11) is 1.51. The maximum atomic E-state index is 13.4. The van der Waals surface area contributed by atoms with Crippen molar-refractivity contribution in [2.24, 2.45) is 51.8 Å². The van der Waals surface area contributed by atoms with Gasteiger partial charge >= 0.3 is 5.97 Å². The molecule has 2 bridgehead atoms. The molecule has 31 heavy (non-hydrogen) atoms. The Hall–Kier alpha value is -1.45. The average molecular weight is 427 g/mol. The molecule has 3 unspecified atom stereocenters. The molecule has 0 amide bonds. The maximum Gasteiger partial charge on any atom is 0.311 e. The first-order valence-corrected chi connectivity index (χ1v) is 12.5. The highest BCUT2D eigenvalue weighted by Crippen LogP contribution is 2.74. The highest BCUT2D eigenvalue weighted by molar-refractivity contribution is 5.98. The lowest BCUT2D eigenvalue weighted by Crippen LogP contribution is -2.67. The predicted molar refractivity (Wildman–Crippen MR) is 118 cm³/mol. The molecule has 0 aromatic carbocycles. The first kappa shape index (κ1) is 21.4. The topological polar surface area (TPSA) is 60.4 Å². The molecule has 4 nitrogen and oxygen atoms in total. The quantitative estimate of drug-likeness (QED) is 0.453. The Balaban J connectivity index is 1.65. The first-order chi connectivity index (χ1) is 14.6. The SMILES string of the molecule is COC(=O)[C@]1(C)CCC[C@@]2(C)C1CC[C@]13C=C(C(C)C)C(CC21)[C@H]1C(=O)CCC(=O)[C@H]13. The number of hydrogen-bond acceptors (Lipinski definition) is 4. The van der Waals surface area contributed by atoms with Gasteiger partial charge in [-0.15, -0.1) is 0 Å². The van der Waals surface area contributed by atoms with Crippen LogP contribution in [0.2, 0.25) is 0 Å². The van der Waals surface area contributed by atoms with Crippen LogP contribution in [0.15, 0.2) is 11.6 Å². The van der Waals surface area contributed by atoms with Gasteiger partial charge < -0.3 is 4.74 Å². The largest absolute Gasteiger partial charge is 0.469 e. The molecular formula is C27H38O4. The van der Waals surface area contributed by atoms with Crippen molar-refractivity contribution in [3.63, 3.8) is 0 Å². The molecular weight excluding hydrogens is 388 g/mol. The third-order valence-electron chi connectivity index (χ3n) is 10.7. The van der Waals surface area contributed by atoms with Gasteiger partial charge in [0.05, 0.1) is 12.5 Å². The predicted octanol–water partition coefficient (Wildman–Crippen LogP) is 5.15. The number of rotatable bonds is 2. The van der Waals surface area contributed by atoms with E-state index in [1.165, 1.54) is 12.7 Å². The number of esters is 1. The second kappa shape index (κ2) is 6.78. The van der Waals surface area contributed by atoms with E-state index in [0.29, 0.717) is 36.2 Å². The zero-order valence-electron chi connectivity index (χ0n) is 19.8. The van der Waals surface area contributed by atoms with Crippen LogP contribution in [0.25, 0.3) is 0 Å². The van der Waals surface area contributed by atoms with E-state index >= 15 is 0 Å². The molecule has 170 valence electrons. The van der Waals surface area contributed by atoms with Crippen molar-refractivity contribution in [2.75, 3.05) is 7.11 Å². The van der Waals surface area contributed by atoms with Gasteiger partial charge in [-0.25, -0.2) is 0 Å². The van der Waals surface area contributed by atoms with Crippen LogP contribution < -0.4 is 0 Å². The van der Waals surface area contributed by atoms with E-state index in [2.05, 4.69) is 33.8 Å². The van der Waals surface area contributed by atoms with E-state index < -0.39 is 5.41 Å². The zero-order chi connectivity index (χ0) is 22.3. The summed E-state index contributed by atoms with van der Waals surface area (Å²) in [5.74, 6) is 1.61. The summed E-state index contributed by atoms with van der Waals surface area (Å²) >= 11 is 0. The molecule has 4 fully saturated rings. The number of carbonyl (C=O) groups excluding carboxylic acids is 3. The van der Waals surface area contributed by atoms with Gasteiger partial charge in [-0.2, -0.15) is 0 Å². The summed E-state index contributed by atoms with van der Waals surface area (Å²) in [5.41, 5.74) is 0.777. The van der Waals surface area contributed by atoms with Crippen molar-refractivity contribution >= 4 is 17.5 Å². The molecule has 0 N–H and O–H groups in total. The second-order valence-corrected chi connectivity index (χ2v) is 12.1. The minimum atomic E-state index is -0.448. The summed E-state index contributed by atoms with van der Waals surface area (Å²) in [5, 5.41) is 0. The van der Waals surface area contributed by atoms with Crippen LogP contribution in [0, 0.1) is 51.8 Å². The van der Waals surface area contributed by atoms with Crippen LogP contribution in [0.5, 0.6) is 0 Å². The van der Waals surface area contributed by atoms with E-state index in [1.54, 1.807) is 0 Å². The molecule has 1 spiro atoms. The van der Waals surface area contributed by atoms with Crippen LogP contribution >= 0.6 is 0 Å². The van der Waals surface area contributed by atoms with Crippen molar-refractivity contribution < 1.29 is 19.1 Å². The van der Waals surface area contributed by atoms with Crippen molar-refractivity contribution in [1.29, 1.82) is 0 Å². The maximum absolute atomic E-state index is 13.4. The van der Waals surface area contributed by atoms with E-state index in [1.807, 2.05) is 0 Å². The molecule has 4 saturated carbocycles. The number of ether oxygens (including phenoxy) is 1. The number of ketones is 2. The van der Waals surface area contributed by atoms with Gasteiger partial charge in [0.2, 0.25) is 0 Å². The molecule has 8 atom stereocenters. The third kappa shape index (κ3) is 2.57. The fourth-order valence-corrected chi connectivity index (χ4v) is 9.56. The molecule has 6 rings (SSSR count). The van der Waals surface area contributed by atoms with Crippen molar-refractivity contribution in [1.82, 2.24) is 0 Å². The first-order valence-electron chi connectivity index (χ1n) is 12.5. The Kier molecular flexibility index (Phi) is 4.68. The van der Waals surface area contributed by atoms with E-state index in [0.717, 1.165) is 38.5 Å². The van der Waals surface area contributed by atoms with Crippen LogP contribution in [0.3, 0.4) is 0 Å². The molecule has 6 aliphatic carbocycles. The second-order valence-electron chi connectivity index (χ2n) is 12.1. The van der Waals surface area contributed by atoms with Crippen LogP contribution in [0.4, 0.5) is 0 Å². The van der Waals surface area contributed by atoms with Crippen LogP contribution in [-0.4, -0.2) is 24.6 Å². The van der Waals surface area contributed by atoms with Crippen LogP contribution in [0.1, 0.15) is 79.1 Å². The summed E-state index contributed by atoms with van der Waals surface area (Å²) in [6, 6.07) is 0. The standard InChI is InChI=1S/C27H38O4/c1-15(2)17-14-27-12-9-20-25(3,10-6-11-26(20,4)24(30)31-5)21(27)13-16(17)22-18(28)7-8-19(29)23(22)27/h14-16,20-23H,6-13H2,1-5H3/t16?,20?,21?,22-,23+,25-,26+,27-/m0/s1. The van der Waals surface area contributed by atoms with Gasteiger partial charge in [-0.1, -0.05) is 38.8 Å². The number of allylic oxidation sites excluding steroid dienone is 2. The Morgan fingerprint density at radius 3 is 2.45 bits per heavy atom. The number of hydrogen-bond donors (Lipinski definition) is 0. The molecule has 0 aromatic rings. The summed E-state index contributed by atoms with van der Waals surface area (Å²) < 4.78 is 5.30. The van der Waals surface area contributed by atoms with Crippen molar-refractivity contribution in [3.05, 3.63) is 11.6 Å². The summed E-state index contributed by atoms with van der Waals surface area (Å²) in [6.07, 6.45) is 9.25. The number of methoxy groups -OCH3 is 1. The molecule has 0 saturated heterocycles. The fraction of sp³-hybridized carbons (Fsp3) is 0.815. The van der Waals surface area contributed by atoms with Crippen molar-refractivity contribution in [3.8, 4) is 0 Å². The Bertz CT molecular complexity index is 870. The lowest BCUT2D eigenvalue weighted by Gasteiger charge is -2.70. The smallest absolute Gasteiger partial charge is 0.311 e. The van der Waals surface area contributed by atoms with E-state index in [9.17, 15) is 14.4 Å². The Labute approximate surface area is 186 Å². The van der Waals surface area contributed by atoms with E-state index in [4.69, 9.17) is 4.74 Å². The number of fused-ring (bicyclic) bond motifs is 1. The minimum Gasteiger partial charge on any atom is -0.469 e. The van der Waals surface area contributed by atoms with Crippen molar-refractivity contribution in [2.45, 2.75) is 79.1 Å². The zero-order valence-corrected chi connectivity index (χ0v) is 19.8. The van der Waals surface area contributed by atoms with Crippen LogP contribution in [-0.2, 0) is 19.1 Å². The fourth-order valence-electron chi connectivity index (χ4n) is 9.56. The lowest BCUT2D eigenvalue weighted by atomic mass is 9.33. The average Bonchev–Trinajstić information content (AvgIpc) is 2.74. The molecule has 0 aromatic heterocycles. The van der Waals surface area contributed by atoms with Gasteiger partial charge in [0.25, 0.3) is 0 Å². The monoisotopic (exact) mass is 426 g/mol. The summed E-state index contributed by atoms with van der Waals surface area (Å²) in [4.78, 5) is 39.5. The molecule has 4 heteroatoms. The molecule has 0 heterocycles. The summed E-state index contributed by atoms with van der Waals surface area (Å²) in [6.45, 7) is 9.00. The molecule has 6 aliphatic rings. The van der Waals surface area contributed by atoms with Gasteiger partial charge in [0, 0.05) is 30.1 Å². The number of Topliss-reactive ketones (excluding diaryl/α,β-unsaturated/α-hetero) is 2. The number of carbonyl (C=O) groups is 3. The van der Waals surface area contributed by atoms with Gasteiger partial charge in [0.15, 0.2) is 0 Å². The van der Waals surface area contributed by atoms with Gasteiger partial charge in [0.1, 0.15) is 11.6 Å². The van der Waals surface area contributed by atoms with Gasteiger partial charge in [-0.3, -0.25) is 14.4 Å². The minimum absolute atomic E-state index is 0.00242. The molecule has 0 aliphatic heterocycles. The highest BCUT2D eigenvalue weighted by Gasteiger charge is 2.70. The van der Waals surface area contributed by atoms with Gasteiger partial charge in [-0.05, 0) is 68.1 Å². The molecule has 0 radical (unpaired) electrons. The normalized spacial score (nSPS) is 48.6. The highest BCUT2D eigenvalue weighted by atomic mass is 16.5. The Morgan fingerprint density at radius 1 is 1.06 bits per heavy atom. The van der Waals surface area contributed by atoms with E-state index in [-0.39, 0.29) is 40.5 Å². The Morgan fingerprint density at radius 2 is 1.77 bits per heavy atom. The third-order valence-corrected chi connectivity index (χ3v) is 10.7. The lowest BCUT2D eigenvalue weighted by molar-refractivity contribution is -0.201.